The lowest BCUT2D eigenvalue weighted by Crippen LogP contribution is -2.56. The van der Waals surface area contributed by atoms with Crippen molar-refractivity contribution in [1.82, 2.24) is 0 Å². The molecule has 0 aliphatic heterocycles. The Labute approximate surface area is 141 Å². The fraction of sp³-hybridized carbons (Fsp3) is 0.647. The van der Waals surface area contributed by atoms with E-state index in [0.29, 0.717) is 33.0 Å². The van der Waals surface area contributed by atoms with E-state index in [1.54, 1.807) is 0 Å². The van der Waals surface area contributed by atoms with Crippen LogP contribution in [0.2, 0.25) is 0 Å². The van der Waals surface area contributed by atoms with Gasteiger partial charge in [0.2, 0.25) is 0 Å². The summed E-state index contributed by atoms with van der Waals surface area (Å²) in [5, 5.41) is 0.957. The van der Waals surface area contributed by atoms with Crippen molar-refractivity contribution in [3.05, 3.63) is 29.8 Å². The molecule has 0 bridgehead atoms. The van der Waals surface area contributed by atoms with Crippen LogP contribution in [0.3, 0.4) is 0 Å². The van der Waals surface area contributed by atoms with E-state index in [1.165, 1.54) is 0 Å². The Kier molecular flexibility index (Phi) is 9.62. The maximum atomic E-state index is 5.92. The van der Waals surface area contributed by atoms with Crippen molar-refractivity contribution in [3.8, 4) is 0 Å². The highest BCUT2D eigenvalue weighted by Gasteiger charge is 2.43. The molecule has 6 heteroatoms. The van der Waals surface area contributed by atoms with Gasteiger partial charge in [0.15, 0.2) is 6.29 Å². The Morgan fingerprint density at radius 1 is 0.696 bits per heavy atom. The van der Waals surface area contributed by atoms with E-state index in [0.717, 1.165) is 10.8 Å². The first-order valence-corrected chi connectivity index (χ1v) is 10.1. The van der Waals surface area contributed by atoms with Gasteiger partial charge in [0.05, 0.1) is 0 Å². The van der Waals surface area contributed by atoms with Gasteiger partial charge in [-0.25, -0.2) is 0 Å². The Morgan fingerprint density at radius 2 is 1.13 bits per heavy atom. The summed E-state index contributed by atoms with van der Waals surface area (Å²) in [6.07, 6.45) is -0.346. The lowest BCUT2D eigenvalue weighted by Gasteiger charge is -2.29. The summed E-state index contributed by atoms with van der Waals surface area (Å²) in [5.74, 6) is 0. The number of benzene rings is 1. The Balaban J connectivity index is 3.05. The van der Waals surface area contributed by atoms with Crippen LogP contribution in [0.5, 0.6) is 0 Å². The molecule has 0 aromatic heterocycles. The second-order valence-corrected chi connectivity index (χ2v) is 7.28. The van der Waals surface area contributed by atoms with Crippen molar-refractivity contribution in [3.63, 3.8) is 0 Å². The van der Waals surface area contributed by atoms with Crippen LogP contribution in [-0.4, -0.2) is 41.8 Å². The van der Waals surface area contributed by atoms with Gasteiger partial charge in [-0.3, -0.25) is 0 Å². The fourth-order valence-corrected chi connectivity index (χ4v) is 4.80. The first-order valence-electron chi connectivity index (χ1n) is 8.42. The molecule has 0 fully saturated rings. The molecule has 0 saturated carbocycles. The van der Waals surface area contributed by atoms with Gasteiger partial charge in [0, 0.05) is 43.8 Å². The van der Waals surface area contributed by atoms with Crippen LogP contribution < -0.4 is 5.19 Å². The van der Waals surface area contributed by atoms with Crippen LogP contribution in [-0.2, 0) is 22.8 Å². The third kappa shape index (κ3) is 5.67. The van der Waals surface area contributed by atoms with Crippen LogP contribution in [0.15, 0.2) is 24.3 Å². The monoisotopic (exact) mass is 342 g/mol. The number of ether oxygens (including phenoxy) is 2. The van der Waals surface area contributed by atoms with Gasteiger partial charge in [0.25, 0.3) is 0 Å². The van der Waals surface area contributed by atoms with E-state index in [9.17, 15) is 0 Å². The van der Waals surface area contributed by atoms with Gasteiger partial charge < -0.3 is 22.8 Å². The van der Waals surface area contributed by atoms with E-state index in [2.05, 4.69) is 0 Å². The molecule has 0 amide bonds. The topological polar surface area (TPSA) is 46.2 Å². The van der Waals surface area contributed by atoms with Gasteiger partial charge in [-0.1, -0.05) is 24.3 Å². The summed E-state index contributed by atoms with van der Waals surface area (Å²) in [4.78, 5) is 0. The summed E-state index contributed by atoms with van der Waals surface area (Å²) >= 11 is 0. The average molecular weight is 343 g/mol. The zero-order valence-corrected chi connectivity index (χ0v) is 16.0. The van der Waals surface area contributed by atoms with E-state index in [-0.39, 0.29) is 6.29 Å². The molecule has 23 heavy (non-hydrogen) atoms. The molecule has 5 nitrogen and oxygen atoms in total. The molecule has 1 aromatic carbocycles. The third-order valence-electron chi connectivity index (χ3n) is 3.18. The summed E-state index contributed by atoms with van der Waals surface area (Å²) in [6, 6.07) is 7.97. The van der Waals surface area contributed by atoms with Gasteiger partial charge in [0.1, 0.15) is 0 Å². The normalized spacial score (nSPS) is 12.1. The molecule has 0 N–H and O–H groups in total. The van der Waals surface area contributed by atoms with Gasteiger partial charge in [-0.05, 0) is 34.6 Å². The molecule has 1 rings (SSSR count). The molecular weight excluding hydrogens is 312 g/mol. The van der Waals surface area contributed by atoms with Crippen molar-refractivity contribution in [2.45, 2.75) is 40.9 Å². The van der Waals surface area contributed by atoms with Crippen molar-refractivity contribution >= 4 is 14.0 Å². The quantitative estimate of drug-likeness (QED) is 0.432. The van der Waals surface area contributed by atoms with Gasteiger partial charge >= 0.3 is 8.80 Å². The predicted molar refractivity (Wildman–Crippen MR) is 92.7 cm³/mol. The second-order valence-electron chi connectivity index (χ2n) is 4.72. The Bertz CT molecular complexity index is 400. The standard InChI is InChI=1S/C17H30O5Si/c1-6-18-17(19-7-2)15-11-13-16(14-12-15)23(20-8-3,21-9-4)22-10-5/h11-14,17H,6-10H2,1-5H3. The smallest absolute Gasteiger partial charge is 0.370 e. The molecule has 0 aliphatic rings. The highest BCUT2D eigenvalue weighted by Crippen LogP contribution is 2.19. The summed E-state index contributed by atoms with van der Waals surface area (Å²) < 4.78 is 29.0. The minimum absolute atomic E-state index is 0.346. The average Bonchev–Trinajstić information content (AvgIpc) is 2.55. The van der Waals surface area contributed by atoms with Crippen molar-refractivity contribution < 1.29 is 22.8 Å². The molecular formula is C17H30O5Si. The van der Waals surface area contributed by atoms with Crippen LogP contribution >= 0.6 is 0 Å². The second kappa shape index (κ2) is 10.9. The predicted octanol–water partition coefficient (Wildman–Crippen LogP) is 3.01. The van der Waals surface area contributed by atoms with E-state index in [4.69, 9.17) is 22.8 Å². The molecule has 0 aliphatic carbocycles. The SMILES string of the molecule is CCOC(OCC)c1ccc([Si](OCC)(OCC)OCC)cc1. The maximum absolute atomic E-state index is 5.92. The molecule has 0 spiro atoms. The minimum Gasteiger partial charge on any atom is -0.370 e. The highest BCUT2D eigenvalue weighted by molar-refractivity contribution is 6.75. The molecule has 0 unspecified atom stereocenters. The summed E-state index contributed by atoms with van der Waals surface area (Å²) in [7, 11) is -2.85. The van der Waals surface area contributed by atoms with E-state index < -0.39 is 8.80 Å². The Morgan fingerprint density at radius 3 is 1.48 bits per heavy atom. The number of hydrogen-bond acceptors (Lipinski definition) is 5. The molecule has 1 aromatic rings. The first-order chi connectivity index (χ1) is 11.2. The minimum atomic E-state index is -2.85. The summed E-state index contributed by atoms with van der Waals surface area (Å²) in [5.41, 5.74) is 0.977. The van der Waals surface area contributed by atoms with Crippen LogP contribution in [0.4, 0.5) is 0 Å². The van der Waals surface area contributed by atoms with Gasteiger partial charge in [-0.15, -0.1) is 0 Å². The summed E-state index contributed by atoms with van der Waals surface area (Å²) in [6.45, 7) is 12.6. The van der Waals surface area contributed by atoms with E-state index in [1.807, 2.05) is 58.9 Å². The van der Waals surface area contributed by atoms with Crippen molar-refractivity contribution in [2.75, 3.05) is 33.0 Å². The number of hydrogen-bond donors (Lipinski definition) is 0. The van der Waals surface area contributed by atoms with Crippen molar-refractivity contribution in [2.24, 2.45) is 0 Å². The maximum Gasteiger partial charge on any atom is 0.537 e. The lowest BCUT2D eigenvalue weighted by molar-refractivity contribution is -0.140. The lowest BCUT2D eigenvalue weighted by atomic mass is 10.2. The van der Waals surface area contributed by atoms with Gasteiger partial charge in [-0.2, -0.15) is 0 Å². The van der Waals surface area contributed by atoms with Crippen LogP contribution in [0.1, 0.15) is 46.5 Å². The molecule has 0 saturated heterocycles. The number of rotatable bonds is 12. The van der Waals surface area contributed by atoms with E-state index >= 15 is 0 Å². The molecule has 0 radical (unpaired) electrons. The van der Waals surface area contributed by atoms with Crippen LogP contribution in [0.25, 0.3) is 0 Å². The zero-order chi connectivity index (χ0) is 17.1. The molecule has 0 heterocycles. The third-order valence-corrected chi connectivity index (χ3v) is 6.22. The largest absolute Gasteiger partial charge is 0.537 e. The molecule has 0 atom stereocenters. The molecule has 132 valence electrons. The zero-order valence-electron chi connectivity index (χ0n) is 15.0. The Hall–Kier alpha value is -0.763. The van der Waals surface area contributed by atoms with Crippen molar-refractivity contribution in [1.29, 1.82) is 0 Å². The van der Waals surface area contributed by atoms with Crippen LogP contribution in [0, 0.1) is 0 Å². The highest BCUT2D eigenvalue weighted by atomic mass is 28.4. The first kappa shape index (κ1) is 20.3. The fourth-order valence-electron chi connectivity index (χ4n) is 2.33.